The zero-order valence-electron chi connectivity index (χ0n) is 13.9. The third-order valence-corrected chi connectivity index (χ3v) is 4.28. The molecule has 0 spiro atoms. The van der Waals surface area contributed by atoms with Crippen LogP contribution in [0.5, 0.6) is 5.75 Å². The van der Waals surface area contributed by atoms with E-state index < -0.39 is 5.97 Å². The minimum absolute atomic E-state index is 0.126. The van der Waals surface area contributed by atoms with Gasteiger partial charge in [0.05, 0.1) is 12.7 Å². The number of carboxylic acid groups (broad SMARTS) is 1. The summed E-state index contributed by atoms with van der Waals surface area (Å²) in [5, 5.41) is 14.6. The molecule has 1 aliphatic rings. The van der Waals surface area contributed by atoms with E-state index in [0.717, 1.165) is 23.3 Å². The Labute approximate surface area is 145 Å². The number of nitrogens with one attached hydrogen (secondary N) is 2. The highest BCUT2D eigenvalue weighted by Gasteiger charge is 2.39. The number of hydrogen-bond acceptors (Lipinski definition) is 3. The van der Waals surface area contributed by atoms with E-state index in [4.69, 9.17) is 9.84 Å². The van der Waals surface area contributed by atoms with Gasteiger partial charge in [-0.25, -0.2) is 9.59 Å². The summed E-state index contributed by atoms with van der Waals surface area (Å²) >= 11 is 0. The van der Waals surface area contributed by atoms with E-state index in [1.165, 1.54) is 12.1 Å². The fraction of sp³-hybridized carbons (Fsp3) is 0.263. The number of benzene rings is 2. The van der Waals surface area contributed by atoms with E-state index in [0.29, 0.717) is 12.5 Å². The molecule has 1 saturated carbocycles. The van der Waals surface area contributed by atoms with Gasteiger partial charge in [-0.2, -0.15) is 0 Å². The number of carboxylic acids is 1. The minimum Gasteiger partial charge on any atom is -0.497 e. The average Bonchev–Trinajstić information content (AvgIpc) is 3.39. The molecule has 0 bridgehead atoms. The van der Waals surface area contributed by atoms with Gasteiger partial charge < -0.3 is 20.5 Å². The van der Waals surface area contributed by atoms with Crippen molar-refractivity contribution in [3.8, 4) is 5.75 Å². The van der Waals surface area contributed by atoms with Gasteiger partial charge in [0.15, 0.2) is 0 Å². The minimum atomic E-state index is -0.963. The van der Waals surface area contributed by atoms with Crippen LogP contribution in [0.25, 0.3) is 0 Å². The highest BCUT2D eigenvalue weighted by molar-refractivity contribution is 5.87. The highest BCUT2D eigenvalue weighted by atomic mass is 16.5. The first-order valence-corrected chi connectivity index (χ1v) is 8.07. The fourth-order valence-corrected chi connectivity index (χ4v) is 2.76. The van der Waals surface area contributed by atoms with Crippen molar-refractivity contribution < 1.29 is 19.4 Å². The Morgan fingerprint density at radius 2 is 1.96 bits per heavy atom. The maximum absolute atomic E-state index is 12.0. The van der Waals surface area contributed by atoms with Crippen LogP contribution < -0.4 is 15.4 Å². The number of rotatable bonds is 6. The predicted octanol–water partition coefficient (Wildman–Crippen LogP) is 2.75. The van der Waals surface area contributed by atoms with Crippen LogP contribution in [0.2, 0.25) is 0 Å². The molecule has 130 valence electrons. The molecule has 25 heavy (non-hydrogen) atoms. The Morgan fingerprint density at radius 3 is 2.64 bits per heavy atom. The van der Waals surface area contributed by atoms with E-state index in [1.54, 1.807) is 19.2 Å². The standard InChI is InChI=1S/C19H20N2O4/c1-25-15-4-2-3-14(9-15)16-10-17(16)21-19(24)20-11-12-5-7-13(8-6-12)18(22)23/h2-9,16-17H,10-11H2,1H3,(H,22,23)(H2,20,21,24)/t16-,17+/m0/s1. The second-order valence-electron chi connectivity index (χ2n) is 6.05. The summed E-state index contributed by atoms with van der Waals surface area (Å²) in [5.74, 6) is 0.169. The van der Waals surface area contributed by atoms with Gasteiger partial charge in [0.2, 0.25) is 0 Å². The average molecular weight is 340 g/mol. The molecule has 1 fully saturated rings. The summed E-state index contributed by atoms with van der Waals surface area (Å²) in [6, 6.07) is 14.2. The smallest absolute Gasteiger partial charge is 0.335 e. The zero-order valence-corrected chi connectivity index (χ0v) is 13.9. The number of urea groups is 1. The first kappa shape index (κ1) is 16.8. The van der Waals surface area contributed by atoms with Crippen molar-refractivity contribution in [1.29, 1.82) is 0 Å². The van der Waals surface area contributed by atoms with E-state index in [2.05, 4.69) is 10.6 Å². The van der Waals surface area contributed by atoms with Gasteiger partial charge >= 0.3 is 12.0 Å². The number of hydrogen-bond donors (Lipinski definition) is 3. The number of carbonyl (C=O) groups is 2. The molecule has 0 aliphatic heterocycles. The molecule has 2 aromatic rings. The van der Waals surface area contributed by atoms with Crippen molar-refractivity contribution in [1.82, 2.24) is 10.6 Å². The van der Waals surface area contributed by atoms with E-state index >= 15 is 0 Å². The molecule has 0 radical (unpaired) electrons. The Morgan fingerprint density at radius 1 is 1.20 bits per heavy atom. The highest BCUT2D eigenvalue weighted by Crippen LogP contribution is 2.41. The van der Waals surface area contributed by atoms with Crippen LogP contribution in [0, 0.1) is 0 Å². The van der Waals surface area contributed by atoms with Crippen molar-refractivity contribution in [3.05, 3.63) is 65.2 Å². The lowest BCUT2D eigenvalue weighted by atomic mass is 10.1. The molecule has 6 nitrogen and oxygen atoms in total. The zero-order chi connectivity index (χ0) is 17.8. The molecule has 6 heteroatoms. The first-order chi connectivity index (χ1) is 12.1. The van der Waals surface area contributed by atoms with Crippen LogP contribution in [-0.4, -0.2) is 30.3 Å². The maximum Gasteiger partial charge on any atom is 0.335 e. The monoisotopic (exact) mass is 340 g/mol. The topological polar surface area (TPSA) is 87.7 Å². The van der Waals surface area contributed by atoms with Gasteiger partial charge in [-0.05, 0) is 41.8 Å². The Bertz CT molecular complexity index is 773. The summed E-state index contributed by atoms with van der Waals surface area (Å²) in [7, 11) is 1.64. The fourth-order valence-electron chi connectivity index (χ4n) is 2.76. The van der Waals surface area contributed by atoms with Gasteiger partial charge in [0.1, 0.15) is 5.75 Å². The molecule has 2 amide bonds. The molecule has 0 unspecified atom stereocenters. The summed E-state index contributed by atoms with van der Waals surface area (Å²) in [6.07, 6.45) is 0.911. The Balaban J connectivity index is 1.46. The number of carbonyl (C=O) groups excluding carboxylic acids is 1. The van der Waals surface area contributed by atoms with E-state index in [-0.39, 0.29) is 17.6 Å². The first-order valence-electron chi connectivity index (χ1n) is 8.07. The van der Waals surface area contributed by atoms with Crippen LogP contribution in [0.4, 0.5) is 4.79 Å². The second kappa shape index (κ2) is 7.25. The number of amides is 2. The second-order valence-corrected chi connectivity index (χ2v) is 6.05. The van der Waals surface area contributed by atoms with Crippen molar-refractivity contribution in [2.45, 2.75) is 24.9 Å². The normalized spacial score (nSPS) is 18.3. The van der Waals surface area contributed by atoms with Crippen molar-refractivity contribution >= 4 is 12.0 Å². The molecule has 0 aromatic heterocycles. The lowest BCUT2D eigenvalue weighted by Crippen LogP contribution is -2.36. The number of methoxy groups -OCH3 is 1. The lowest BCUT2D eigenvalue weighted by molar-refractivity contribution is 0.0697. The molecule has 3 N–H and O–H groups in total. The van der Waals surface area contributed by atoms with Gasteiger partial charge in [-0.1, -0.05) is 24.3 Å². The van der Waals surface area contributed by atoms with Gasteiger partial charge in [0.25, 0.3) is 0 Å². The summed E-state index contributed by atoms with van der Waals surface area (Å²) < 4.78 is 5.22. The lowest BCUT2D eigenvalue weighted by Gasteiger charge is -2.08. The van der Waals surface area contributed by atoms with Crippen molar-refractivity contribution in [3.63, 3.8) is 0 Å². The summed E-state index contributed by atoms with van der Waals surface area (Å²) in [4.78, 5) is 22.8. The van der Waals surface area contributed by atoms with Crippen molar-refractivity contribution in [2.24, 2.45) is 0 Å². The summed E-state index contributed by atoms with van der Waals surface area (Å²) in [6.45, 7) is 0.349. The van der Waals surface area contributed by atoms with Crippen LogP contribution in [0.15, 0.2) is 48.5 Å². The third-order valence-electron chi connectivity index (χ3n) is 4.28. The van der Waals surface area contributed by atoms with Gasteiger partial charge in [-0.15, -0.1) is 0 Å². The summed E-state index contributed by atoms with van der Waals surface area (Å²) in [5.41, 5.74) is 2.24. The van der Waals surface area contributed by atoms with Crippen molar-refractivity contribution in [2.75, 3.05) is 7.11 Å². The van der Waals surface area contributed by atoms with Gasteiger partial charge in [0, 0.05) is 18.5 Å². The number of aromatic carboxylic acids is 1. The molecule has 0 saturated heterocycles. The van der Waals surface area contributed by atoms with Crippen LogP contribution in [-0.2, 0) is 6.54 Å². The molecule has 0 heterocycles. The third kappa shape index (κ3) is 4.29. The molecule has 1 aliphatic carbocycles. The molecule has 3 rings (SSSR count). The molecular weight excluding hydrogens is 320 g/mol. The van der Waals surface area contributed by atoms with Crippen LogP contribution in [0.3, 0.4) is 0 Å². The number of ether oxygens (including phenoxy) is 1. The van der Waals surface area contributed by atoms with Crippen LogP contribution >= 0.6 is 0 Å². The molecule has 2 atom stereocenters. The largest absolute Gasteiger partial charge is 0.497 e. The van der Waals surface area contributed by atoms with E-state index in [1.807, 2.05) is 24.3 Å². The van der Waals surface area contributed by atoms with E-state index in [9.17, 15) is 9.59 Å². The van der Waals surface area contributed by atoms with Crippen LogP contribution in [0.1, 0.15) is 33.8 Å². The predicted molar refractivity (Wildman–Crippen MR) is 92.9 cm³/mol. The molecule has 2 aromatic carbocycles. The maximum atomic E-state index is 12.0. The Hall–Kier alpha value is -3.02. The SMILES string of the molecule is COc1cccc([C@@H]2C[C@H]2NC(=O)NCc2ccc(C(=O)O)cc2)c1. The Kier molecular flexibility index (Phi) is 4.88. The quantitative estimate of drug-likeness (QED) is 0.754. The van der Waals surface area contributed by atoms with Gasteiger partial charge in [-0.3, -0.25) is 0 Å². The molecular formula is C19H20N2O4.